The topological polar surface area (TPSA) is 44.8 Å². The van der Waals surface area contributed by atoms with Crippen molar-refractivity contribution in [3.05, 3.63) is 59.1 Å². The third-order valence-electron chi connectivity index (χ3n) is 3.22. The number of methoxy groups -OCH3 is 1. The zero-order chi connectivity index (χ0) is 17.5. The second kappa shape index (κ2) is 8.94. The molecule has 0 aliphatic rings. The third-order valence-corrected chi connectivity index (χ3v) is 4.37. The Kier molecular flexibility index (Phi) is 6.94. The molecular weight excluding hydrogens is 396 g/mol. The molecular formula is C18H18BrClO4. The van der Waals surface area contributed by atoms with Crippen LogP contribution in [0.25, 0.3) is 0 Å². The van der Waals surface area contributed by atoms with Gasteiger partial charge in [-0.15, -0.1) is 0 Å². The number of benzene rings is 2. The van der Waals surface area contributed by atoms with E-state index >= 15 is 0 Å². The molecule has 2 aromatic rings. The van der Waals surface area contributed by atoms with Crippen LogP contribution in [-0.2, 0) is 9.53 Å². The highest BCUT2D eigenvalue weighted by Gasteiger charge is 2.17. The highest BCUT2D eigenvalue weighted by Crippen LogP contribution is 2.26. The molecule has 128 valence electrons. The molecule has 0 heterocycles. The van der Waals surface area contributed by atoms with Gasteiger partial charge < -0.3 is 14.2 Å². The summed E-state index contributed by atoms with van der Waals surface area (Å²) in [5.41, 5.74) is 0.805. The molecule has 0 N–H and O–H groups in total. The number of ether oxygens (including phenoxy) is 3. The molecule has 0 amide bonds. The molecule has 6 heteroatoms. The number of carbonyl (C=O) groups excluding carboxylic acids is 1. The second-order valence-electron chi connectivity index (χ2n) is 5.15. The van der Waals surface area contributed by atoms with Crippen LogP contribution in [0, 0.1) is 0 Å². The Bertz CT molecular complexity index is 658. The van der Waals surface area contributed by atoms with Gasteiger partial charge in [-0.1, -0.05) is 39.7 Å². The van der Waals surface area contributed by atoms with Gasteiger partial charge in [-0.2, -0.15) is 0 Å². The highest BCUT2D eigenvalue weighted by molar-refractivity contribution is 9.09. The number of hydrogen-bond acceptors (Lipinski definition) is 4. The van der Waals surface area contributed by atoms with Crippen molar-refractivity contribution >= 4 is 33.5 Å². The van der Waals surface area contributed by atoms with Crippen molar-refractivity contribution in [2.45, 2.75) is 17.9 Å². The maximum absolute atomic E-state index is 11.5. The van der Waals surface area contributed by atoms with Gasteiger partial charge in [0.05, 0.1) is 7.11 Å². The Morgan fingerprint density at radius 3 is 2.25 bits per heavy atom. The van der Waals surface area contributed by atoms with Gasteiger partial charge in [0.1, 0.15) is 29.0 Å². The minimum atomic E-state index is -0.484. The molecule has 2 atom stereocenters. The summed E-state index contributed by atoms with van der Waals surface area (Å²) in [5, 5.41) is 0.670. The minimum absolute atomic E-state index is 0.132. The van der Waals surface area contributed by atoms with Gasteiger partial charge in [0.15, 0.2) is 0 Å². The lowest BCUT2D eigenvalue weighted by molar-refractivity contribution is -0.139. The summed E-state index contributed by atoms with van der Waals surface area (Å²) in [6, 6.07) is 14.4. The smallest absolute Gasteiger partial charge is 0.323 e. The maximum Gasteiger partial charge on any atom is 0.323 e. The fraction of sp³-hybridized carbons (Fsp3) is 0.278. The number of alkyl halides is 1. The SMILES string of the molecule is COC(=O)C(Br)c1ccc(OC(C)COc2ccc(Cl)cc2)cc1. The van der Waals surface area contributed by atoms with Crippen LogP contribution in [0.4, 0.5) is 0 Å². The standard InChI is InChI=1S/C18H18BrClO4/c1-12(11-23-15-9-5-14(20)6-10-15)24-16-7-3-13(4-8-16)17(19)18(21)22-2/h3-10,12,17H,11H2,1-2H3. The van der Waals surface area contributed by atoms with E-state index in [4.69, 9.17) is 25.8 Å². The van der Waals surface area contributed by atoms with E-state index in [1.807, 2.05) is 43.3 Å². The lowest BCUT2D eigenvalue weighted by atomic mass is 10.1. The summed E-state index contributed by atoms with van der Waals surface area (Å²) in [5.74, 6) is 1.11. The molecule has 2 unspecified atom stereocenters. The van der Waals surface area contributed by atoms with E-state index in [-0.39, 0.29) is 12.1 Å². The van der Waals surface area contributed by atoms with Gasteiger partial charge in [0, 0.05) is 5.02 Å². The molecule has 2 aromatic carbocycles. The summed E-state index contributed by atoms with van der Waals surface area (Å²) in [4.78, 5) is 11.0. The molecule has 0 aliphatic carbocycles. The Morgan fingerprint density at radius 2 is 1.67 bits per heavy atom. The maximum atomic E-state index is 11.5. The molecule has 0 radical (unpaired) electrons. The predicted molar refractivity (Wildman–Crippen MR) is 97.2 cm³/mol. The van der Waals surface area contributed by atoms with Crippen LogP contribution in [0.2, 0.25) is 5.02 Å². The Balaban J connectivity index is 1.86. The van der Waals surface area contributed by atoms with E-state index in [0.717, 1.165) is 11.3 Å². The number of rotatable bonds is 7. The van der Waals surface area contributed by atoms with Gasteiger partial charge in [0.2, 0.25) is 0 Å². The lowest BCUT2D eigenvalue weighted by Crippen LogP contribution is -2.21. The third kappa shape index (κ3) is 5.42. The first-order chi connectivity index (χ1) is 11.5. The molecule has 0 bridgehead atoms. The van der Waals surface area contributed by atoms with Crippen LogP contribution in [0.5, 0.6) is 11.5 Å². The van der Waals surface area contributed by atoms with Crippen molar-refractivity contribution in [2.75, 3.05) is 13.7 Å². The predicted octanol–water partition coefficient (Wildman–Crippen LogP) is 4.80. The molecule has 4 nitrogen and oxygen atoms in total. The van der Waals surface area contributed by atoms with Crippen LogP contribution in [0.3, 0.4) is 0 Å². The van der Waals surface area contributed by atoms with Crippen LogP contribution in [-0.4, -0.2) is 25.8 Å². The van der Waals surface area contributed by atoms with Crippen molar-refractivity contribution in [1.82, 2.24) is 0 Å². The summed E-state index contributed by atoms with van der Waals surface area (Å²) >= 11 is 9.13. The fourth-order valence-electron chi connectivity index (χ4n) is 1.97. The lowest BCUT2D eigenvalue weighted by Gasteiger charge is -2.16. The zero-order valence-electron chi connectivity index (χ0n) is 13.4. The van der Waals surface area contributed by atoms with Gasteiger partial charge in [-0.05, 0) is 48.9 Å². The molecule has 0 aliphatic heterocycles. The summed E-state index contributed by atoms with van der Waals surface area (Å²) in [6.07, 6.45) is -0.132. The largest absolute Gasteiger partial charge is 0.490 e. The number of carbonyl (C=O) groups is 1. The molecule has 2 rings (SSSR count). The first-order valence-corrected chi connectivity index (χ1v) is 8.66. The van der Waals surface area contributed by atoms with Crippen molar-refractivity contribution in [3.63, 3.8) is 0 Å². The van der Waals surface area contributed by atoms with Crippen molar-refractivity contribution in [1.29, 1.82) is 0 Å². The van der Waals surface area contributed by atoms with Crippen LogP contribution in [0.15, 0.2) is 48.5 Å². The van der Waals surface area contributed by atoms with E-state index in [2.05, 4.69) is 15.9 Å². The van der Waals surface area contributed by atoms with E-state index in [0.29, 0.717) is 17.4 Å². The summed E-state index contributed by atoms with van der Waals surface area (Å²) in [6.45, 7) is 2.33. The molecule has 0 aromatic heterocycles. The van der Waals surface area contributed by atoms with Crippen LogP contribution in [0.1, 0.15) is 17.3 Å². The van der Waals surface area contributed by atoms with Crippen molar-refractivity contribution in [2.24, 2.45) is 0 Å². The van der Waals surface area contributed by atoms with E-state index in [1.54, 1.807) is 12.1 Å². The zero-order valence-corrected chi connectivity index (χ0v) is 15.7. The van der Waals surface area contributed by atoms with Gasteiger partial charge in [-0.25, -0.2) is 0 Å². The van der Waals surface area contributed by atoms with Crippen LogP contribution >= 0.6 is 27.5 Å². The van der Waals surface area contributed by atoms with E-state index in [1.165, 1.54) is 7.11 Å². The van der Waals surface area contributed by atoms with Gasteiger partial charge in [0.25, 0.3) is 0 Å². The molecule has 0 fully saturated rings. The highest BCUT2D eigenvalue weighted by atomic mass is 79.9. The number of halogens is 2. The monoisotopic (exact) mass is 412 g/mol. The normalized spacial score (nSPS) is 13.0. The van der Waals surface area contributed by atoms with Crippen LogP contribution < -0.4 is 9.47 Å². The minimum Gasteiger partial charge on any atom is -0.490 e. The molecule has 0 saturated carbocycles. The van der Waals surface area contributed by atoms with E-state index in [9.17, 15) is 4.79 Å². The molecule has 0 spiro atoms. The van der Waals surface area contributed by atoms with E-state index < -0.39 is 4.83 Å². The Morgan fingerprint density at radius 1 is 1.08 bits per heavy atom. The number of esters is 1. The van der Waals surface area contributed by atoms with Gasteiger partial charge in [-0.3, -0.25) is 4.79 Å². The van der Waals surface area contributed by atoms with Gasteiger partial charge >= 0.3 is 5.97 Å². The second-order valence-corrected chi connectivity index (χ2v) is 6.50. The molecule has 0 saturated heterocycles. The quantitative estimate of drug-likeness (QED) is 0.483. The summed E-state index contributed by atoms with van der Waals surface area (Å²) < 4.78 is 16.2. The van der Waals surface area contributed by atoms with Crippen molar-refractivity contribution < 1.29 is 19.0 Å². The Labute approximate surface area is 154 Å². The molecule has 24 heavy (non-hydrogen) atoms. The fourth-order valence-corrected chi connectivity index (χ4v) is 2.58. The first kappa shape index (κ1) is 18.6. The summed E-state index contributed by atoms with van der Waals surface area (Å²) in [7, 11) is 1.36. The first-order valence-electron chi connectivity index (χ1n) is 7.36. The average Bonchev–Trinajstić information content (AvgIpc) is 2.60. The average molecular weight is 414 g/mol. The van der Waals surface area contributed by atoms with Crippen molar-refractivity contribution in [3.8, 4) is 11.5 Å². The Hall–Kier alpha value is -1.72. The number of hydrogen-bond donors (Lipinski definition) is 0.